The SMILES string of the molecule is Cc1cc(C(=O)NC(CC(=O)O)C2CC2)nc(Cl)n1. The van der Waals surface area contributed by atoms with Crippen molar-refractivity contribution in [2.75, 3.05) is 0 Å². The minimum atomic E-state index is -0.922. The Kier molecular flexibility index (Phi) is 3.99. The number of carboxylic acids is 1. The van der Waals surface area contributed by atoms with Crippen molar-refractivity contribution in [2.45, 2.75) is 32.2 Å². The third kappa shape index (κ3) is 3.89. The largest absolute Gasteiger partial charge is 0.481 e. The summed E-state index contributed by atoms with van der Waals surface area (Å²) in [7, 11) is 0. The summed E-state index contributed by atoms with van der Waals surface area (Å²) in [6.07, 6.45) is 1.82. The predicted molar refractivity (Wildman–Crippen MR) is 68.0 cm³/mol. The second-order valence-electron chi connectivity index (χ2n) is 4.68. The molecule has 0 radical (unpaired) electrons. The highest BCUT2D eigenvalue weighted by Gasteiger charge is 2.34. The van der Waals surface area contributed by atoms with Crippen LogP contribution in [0.25, 0.3) is 0 Å². The van der Waals surface area contributed by atoms with E-state index in [1.54, 1.807) is 6.92 Å². The van der Waals surface area contributed by atoms with E-state index >= 15 is 0 Å². The van der Waals surface area contributed by atoms with Gasteiger partial charge >= 0.3 is 5.97 Å². The molecule has 2 rings (SSSR count). The van der Waals surface area contributed by atoms with Gasteiger partial charge in [-0.05, 0) is 43.4 Å². The Bertz CT molecular complexity index is 497. The maximum atomic E-state index is 12.0. The fourth-order valence-electron chi connectivity index (χ4n) is 1.91. The maximum absolute atomic E-state index is 12.0. The van der Waals surface area contributed by atoms with Crippen LogP contribution < -0.4 is 5.32 Å². The summed E-state index contributed by atoms with van der Waals surface area (Å²) in [6, 6.07) is 1.17. The van der Waals surface area contributed by atoms with Crippen molar-refractivity contribution in [1.82, 2.24) is 15.3 Å². The van der Waals surface area contributed by atoms with Gasteiger partial charge in [0.15, 0.2) is 0 Å². The van der Waals surface area contributed by atoms with E-state index < -0.39 is 11.9 Å². The normalized spacial score (nSPS) is 15.9. The number of hydrogen-bond acceptors (Lipinski definition) is 4. The summed E-state index contributed by atoms with van der Waals surface area (Å²) in [5, 5.41) is 11.6. The molecule has 102 valence electrons. The van der Waals surface area contributed by atoms with Gasteiger partial charge in [-0.2, -0.15) is 0 Å². The number of carboxylic acid groups (broad SMARTS) is 1. The number of carbonyl (C=O) groups excluding carboxylic acids is 1. The maximum Gasteiger partial charge on any atom is 0.305 e. The fraction of sp³-hybridized carbons (Fsp3) is 0.500. The molecular formula is C12H14ClN3O3. The highest BCUT2D eigenvalue weighted by Crippen LogP contribution is 2.34. The van der Waals surface area contributed by atoms with E-state index in [4.69, 9.17) is 16.7 Å². The van der Waals surface area contributed by atoms with Crippen LogP contribution in [-0.2, 0) is 4.79 Å². The molecule has 0 spiro atoms. The average molecular weight is 284 g/mol. The summed E-state index contributed by atoms with van der Waals surface area (Å²) in [5.74, 6) is -1.09. The quantitative estimate of drug-likeness (QED) is 0.797. The Labute approximate surface area is 115 Å². The number of nitrogens with zero attached hydrogens (tertiary/aromatic N) is 2. The molecule has 0 aliphatic heterocycles. The van der Waals surface area contributed by atoms with Crippen molar-refractivity contribution in [3.63, 3.8) is 0 Å². The molecule has 0 aromatic carbocycles. The Morgan fingerprint density at radius 1 is 1.53 bits per heavy atom. The van der Waals surface area contributed by atoms with Crippen molar-refractivity contribution in [3.05, 3.63) is 22.7 Å². The minimum absolute atomic E-state index is 0.00589. The number of amides is 1. The van der Waals surface area contributed by atoms with Crippen LogP contribution in [0.5, 0.6) is 0 Å². The van der Waals surface area contributed by atoms with E-state index in [1.807, 2.05) is 0 Å². The summed E-state index contributed by atoms with van der Waals surface area (Å²) in [5.41, 5.74) is 0.750. The van der Waals surface area contributed by atoms with Gasteiger partial charge in [0, 0.05) is 11.7 Å². The lowest BCUT2D eigenvalue weighted by molar-refractivity contribution is -0.137. The molecule has 1 aliphatic rings. The average Bonchev–Trinajstić information content (AvgIpc) is 3.09. The van der Waals surface area contributed by atoms with E-state index in [0.29, 0.717) is 5.69 Å². The zero-order valence-electron chi connectivity index (χ0n) is 10.4. The van der Waals surface area contributed by atoms with Gasteiger partial charge in [0.2, 0.25) is 5.28 Å². The first-order valence-corrected chi connectivity index (χ1v) is 6.37. The molecule has 1 fully saturated rings. The van der Waals surface area contributed by atoms with Gasteiger partial charge in [-0.1, -0.05) is 0 Å². The highest BCUT2D eigenvalue weighted by atomic mass is 35.5. The van der Waals surface area contributed by atoms with E-state index in [0.717, 1.165) is 12.8 Å². The van der Waals surface area contributed by atoms with Gasteiger partial charge in [0.05, 0.1) is 6.42 Å². The third-order valence-corrected chi connectivity index (χ3v) is 3.13. The van der Waals surface area contributed by atoms with Crippen molar-refractivity contribution in [2.24, 2.45) is 5.92 Å². The van der Waals surface area contributed by atoms with Gasteiger partial charge in [0.25, 0.3) is 5.91 Å². The molecule has 1 amide bonds. The summed E-state index contributed by atoms with van der Waals surface area (Å²) >= 11 is 5.69. The van der Waals surface area contributed by atoms with Crippen LogP contribution >= 0.6 is 11.6 Å². The molecule has 1 atom stereocenters. The van der Waals surface area contributed by atoms with Crippen LogP contribution in [-0.4, -0.2) is 33.0 Å². The lowest BCUT2D eigenvalue weighted by Gasteiger charge is -2.15. The molecule has 7 heteroatoms. The number of aryl methyl sites for hydroxylation is 1. The number of rotatable bonds is 5. The Morgan fingerprint density at radius 2 is 2.21 bits per heavy atom. The molecule has 6 nitrogen and oxygen atoms in total. The lowest BCUT2D eigenvalue weighted by atomic mass is 10.1. The molecular weight excluding hydrogens is 270 g/mol. The van der Waals surface area contributed by atoms with Gasteiger partial charge in [-0.25, -0.2) is 9.97 Å². The standard InChI is InChI=1S/C12H14ClN3O3/c1-6-4-9(16-12(13)14-6)11(19)15-8(5-10(17)18)7-2-3-7/h4,7-8H,2-3,5H2,1H3,(H,15,19)(H,17,18). The Balaban J connectivity index is 2.07. The van der Waals surface area contributed by atoms with Crippen LogP contribution in [0.4, 0.5) is 0 Å². The Hall–Kier alpha value is -1.69. The first-order valence-electron chi connectivity index (χ1n) is 5.99. The zero-order valence-corrected chi connectivity index (χ0v) is 11.1. The second-order valence-corrected chi connectivity index (χ2v) is 5.02. The molecule has 1 aromatic heterocycles. The summed E-state index contributed by atoms with van der Waals surface area (Å²) < 4.78 is 0. The van der Waals surface area contributed by atoms with E-state index in [1.165, 1.54) is 6.07 Å². The fourth-order valence-corrected chi connectivity index (χ4v) is 2.14. The third-order valence-electron chi connectivity index (χ3n) is 2.96. The monoisotopic (exact) mass is 283 g/mol. The summed E-state index contributed by atoms with van der Waals surface area (Å²) in [6.45, 7) is 1.71. The number of aromatic nitrogens is 2. The molecule has 1 unspecified atom stereocenters. The molecule has 0 bridgehead atoms. The van der Waals surface area contributed by atoms with Gasteiger partial charge in [-0.15, -0.1) is 0 Å². The number of hydrogen-bond donors (Lipinski definition) is 2. The number of aliphatic carboxylic acids is 1. The minimum Gasteiger partial charge on any atom is -0.481 e. The molecule has 2 N–H and O–H groups in total. The first kappa shape index (κ1) is 13.7. The molecule has 0 saturated heterocycles. The van der Waals surface area contributed by atoms with Crippen LogP contribution in [0.1, 0.15) is 35.4 Å². The number of carbonyl (C=O) groups is 2. The van der Waals surface area contributed by atoms with E-state index in [-0.39, 0.29) is 29.4 Å². The topological polar surface area (TPSA) is 92.2 Å². The molecule has 19 heavy (non-hydrogen) atoms. The lowest BCUT2D eigenvalue weighted by Crippen LogP contribution is -2.38. The van der Waals surface area contributed by atoms with Gasteiger partial charge in [0.1, 0.15) is 5.69 Å². The number of halogens is 1. The summed E-state index contributed by atoms with van der Waals surface area (Å²) in [4.78, 5) is 30.5. The second kappa shape index (κ2) is 5.52. The van der Waals surface area contributed by atoms with Crippen molar-refractivity contribution in [1.29, 1.82) is 0 Å². The van der Waals surface area contributed by atoms with Crippen molar-refractivity contribution >= 4 is 23.5 Å². The predicted octanol–water partition coefficient (Wildman–Crippen LogP) is 1.42. The van der Waals surface area contributed by atoms with Gasteiger partial charge < -0.3 is 10.4 Å². The molecule has 1 saturated carbocycles. The number of nitrogens with one attached hydrogen (secondary N) is 1. The smallest absolute Gasteiger partial charge is 0.305 e. The van der Waals surface area contributed by atoms with Crippen LogP contribution in [0.15, 0.2) is 6.07 Å². The van der Waals surface area contributed by atoms with Gasteiger partial charge in [-0.3, -0.25) is 9.59 Å². The van der Waals surface area contributed by atoms with Crippen LogP contribution in [0.3, 0.4) is 0 Å². The van der Waals surface area contributed by atoms with Crippen LogP contribution in [0, 0.1) is 12.8 Å². The van der Waals surface area contributed by atoms with Crippen LogP contribution in [0.2, 0.25) is 5.28 Å². The van der Waals surface area contributed by atoms with Crippen molar-refractivity contribution in [3.8, 4) is 0 Å². The van der Waals surface area contributed by atoms with E-state index in [9.17, 15) is 9.59 Å². The Morgan fingerprint density at radius 3 is 2.74 bits per heavy atom. The molecule has 1 aromatic rings. The zero-order chi connectivity index (χ0) is 14.0. The first-order chi connectivity index (χ1) is 8.95. The molecule has 1 heterocycles. The molecule has 1 aliphatic carbocycles. The highest BCUT2D eigenvalue weighted by molar-refractivity contribution is 6.28. The van der Waals surface area contributed by atoms with E-state index in [2.05, 4.69) is 15.3 Å². The van der Waals surface area contributed by atoms with Crippen molar-refractivity contribution < 1.29 is 14.7 Å².